The highest BCUT2D eigenvalue weighted by Gasteiger charge is 2.74. The highest BCUT2D eigenvalue weighted by Crippen LogP contribution is 2.66. The van der Waals surface area contributed by atoms with Gasteiger partial charge in [0.15, 0.2) is 0 Å². The van der Waals surface area contributed by atoms with Gasteiger partial charge < -0.3 is 19.8 Å². The van der Waals surface area contributed by atoms with E-state index in [1.165, 1.54) is 0 Å². The van der Waals surface area contributed by atoms with Crippen LogP contribution in [0.4, 0.5) is 5.69 Å². The van der Waals surface area contributed by atoms with E-state index in [1.807, 2.05) is 40.1 Å². The van der Waals surface area contributed by atoms with E-state index < -0.39 is 22.6 Å². The number of aliphatic hydroxyl groups is 1. The molecule has 2 bridgehead atoms. The van der Waals surface area contributed by atoms with E-state index in [4.69, 9.17) is 0 Å². The van der Waals surface area contributed by atoms with Gasteiger partial charge in [-0.2, -0.15) is 0 Å². The molecule has 3 amide bonds. The smallest absolute Gasteiger partial charge is 0.247 e. The fourth-order valence-electron chi connectivity index (χ4n) is 7.11. The summed E-state index contributed by atoms with van der Waals surface area (Å²) in [5.74, 6) is -1.07. The minimum absolute atomic E-state index is 0.000493. The van der Waals surface area contributed by atoms with Crippen LogP contribution in [-0.4, -0.2) is 81.5 Å². The molecule has 1 spiro atoms. The number of likely N-dealkylation sites (tertiary alicyclic amines) is 1. The second kappa shape index (κ2) is 14.5. The van der Waals surface area contributed by atoms with Gasteiger partial charge in [0, 0.05) is 43.7 Å². The van der Waals surface area contributed by atoms with Gasteiger partial charge in [-0.15, -0.1) is 24.9 Å². The number of hydrogen-bond acceptors (Lipinski definition) is 5. The maximum Gasteiger partial charge on any atom is 0.247 e. The van der Waals surface area contributed by atoms with Crippen LogP contribution in [0, 0.1) is 11.8 Å². The summed E-state index contributed by atoms with van der Waals surface area (Å²) >= 11 is 1.73. The predicted octanol–water partition coefficient (Wildman–Crippen LogP) is 5.05. The lowest BCUT2D eigenvalue weighted by Gasteiger charge is -2.37. The standard InChI is InChI=1S/C33H47N3O4S/c1-4-7-13-22-34(20-5-2)32(40)29-33-19-18-26(41-33)27(28(33)31(39)36(29)23-14-8-9-15-24-37)30(38)35(21-6-3)25-16-11-10-12-17-25/h5-6,10-12,16-17,26-29,37H,2-4,7-9,13-15,18-24H2,1H3/t26-,27+,28+,29?,33?/m1/s1. The Kier molecular flexibility index (Phi) is 11.1. The largest absolute Gasteiger partial charge is 0.396 e. The molecular formula is C33H47N3O4S. The Labute approximate surface area is 250 Å². The minimum Gasteiger partial charge on any atom is -0.396 e. The first-order chi connectivity index (χ1) is 19.9. The van der Waals surface area contributed by atoms with Crippen LogP contribution in [0.25, 0.3) is 0 Å². The monoisotopic (exact) mass is 581 g/mol. The summed E-state index contributed by atoms with van der Waals surface area (Å²) in [6.45, 7) is 12.1. The third kappa shape index (κ3) is 6.29. The number of hydrogen-bond donors (Lipinski definition) is 1. The third-order valence-corrected chi connectivity index (χ3v) is 10.9. The Balaban J connectivity index is 1.67. The molecular weight excluding hydrogens is 534 g/mol. The van der Waals surface area contributed by atoms with Crippen molar-refractivity contribution < 1.29 is 19.5 Å². The van der Waals surface area contributed by atoms with Gasteiger partial charge in [-0.3, -0.25) is 14.4 Å². The Morgan fingerprint density at radius 2 is 1.78 bits per heavy atom. The molecule has 4 rings (SSSR count). The normalized spacial score (nSPS) is 26.2. The molecule has 1 aromatic carbocycles. The first-order valence-corrected chi connectivity index (χ1v) is 16.3. The summed E-state index contributed by atoms with van der Waals surface area (Å²) < 4.78 is -0.592. The average Bonchev–Trinajstić information content (AvgIpc) is 3.62. The quantitative estimate of drug-likeness (QED) is 0.206. The zero-order valence-electron chi connectivity index (χ0n) is 24.6. The summed E-state index contributed by atoms with van der Waals surface area (Å²) in [6, 6.07) is 9.02. The van der Waals surface area contributed by atoms with Gasteiger partial charge >= 0.3 is 0 Å². The number of fused-ring (bicyclic) bond motifs is 1. The van der Waals surface area contributed by atoms with E-state index in [0.29, 0.717) is 26.2 Å². The molecule has 0 radical (unpaired) electrons. The Morgan fingerprint density at radius 1 is 1.05 bits per heavy atom. The van der Waals surface area contributed by atoms with Gasteiger partial charge in [0.2, 0.25) is 17.7 Å². The maximum atomic E-state index is 14.4. The number of amides is 3. The van der Waals surface area contributed by atoms with Gasteiger partial charge in [-0.1, -0.05) is 63.0 Å². The number of carbonyl (C=O) groups excluding carboxylic acids is 3. The predicted molar refractivity (Wildman–Crippen MR) is 167 cm³/mol. The van der Waals surface area contributed by atoms with Gasteiger partial charge in [0.05, 0.1) is 16.6 Å². The molecule has 3 saturated heterocycles. The van der Waals surface area contributed by atoms with Crippen LogP contribution in [0.3, 0.4) is 0 Å². The molecule has 3 heterocycles. The molecule has 0 saturated carbocycles. The Hall–Kier alpha value is -2.58. The molecule has 1 N–H and O–H groups in total. The van der Waals surface area contributed by atoms with Crippen molar-refractivity contribution in [1.29, 1.82) is 0 Å². The number of aliphatic hydroxyl groups excluding tert-OH is 1. The van der Waals surface area contributed by atoms with Crippen LogP contribution >= 0.6 is 11.8 Å². The van der Waals surface area contributed by atoms with Crippen LogP contribution in [-0.2, 0) is 14.4 Å². The van der Waals surface area contributed by atoms with Crippen molar-refractivity contribution in [2.24, 2.45) is 11.8 Å². The van der Waals surface area contributed by atoms with E-state index in [0.717, 1.165) is 63.5 Å². The van der Waals surface area contributed by atoms with Crippen molar-refractivity contribution in [3.63, 3.8) is 0 Å². The third-order valence-electron chi connectivity index (χ3n) is 8.96. The van der Waals surface area contributed by atoms with Crippen molar-refractivity contribution in [2.75, 3.05) is 37.7 Å². The van der Waals surface area contributed by atoms with Crippen LogP contribution in [0.15, 0.2) is 55.6 Å². The van der Waals surface area contributed by atoms with Crippen molar-refractivity contribution in [3.05, 3.63) is 55.6 Å². The lowest BCUT2D eigenvalue weighted by Crippen LogP contribution is -2.55. The Bertz CT molecular complexity index is 1080. The van der Waals surface area contributed by atoms with E-state index >= 15 is 0 Å². The molecule has 0 aromatic heterocycles. The summed E-state index contributed by atoms with van der Waals surface area (Å²) in [5, 5.41) is 9.21. The van der Waals surface area contributed by atoms with Gasteiger partial charge in [-0.05, 0) is 44.2 Å². The number of unbranched alkanes of at least 4 members (excludes halogenated alkanes) is 5. The molecule has 41 heavy (non-hydrogen) atoms. The molecule has 7 nitrogen and oxygen atoms in total. The molecule has 3 aliphatic rings. The topological polar surface area (TPSA) is 81.2 Å². The molecule has 1 aromatic rings. The molecule has 2 unspecified atom stereocenters. The molecule has 0 aliphatic carbocycles. The highest BCUT2D eigenvalue weighted by molar-refractivity contribution is 8.02. The lowest BCUT2D eigenvalue weighted by molar-refractivity contribution is -0.142. The number of anilines is 1. The van der Waals surface area contributed by atoms with Crippen molar-refractivity contribution in [1.82, 2.24) is 9.80 Å². The van der Waals surface area contributed by atoms with Crippen molar-refractivity contribution >= 4 is 35.2 Å². The summed E-state index contributed by atoms with van der Waals surface area (Å²) in [4.78, 5) is 48.5. The lowest BCUT2D eigenvalue weighted by atomic mass is 9.70. The average molecular weight is 582 g/mol. The molecule has 224 valence electrons. The molecule has 8 heteroatoms. The van der Waals surface area contributed by atoms with Crippen molar-refractivity contribution in [2.45, 2.75) is 80.7 Å². The van der Waals surface area contributed by atoms with E-state index in [1.54, 1.807) is 28.8 Å². The van der Waals surface area contributed by atoms with Crippen molar-refractivity contribution in [3.8, 4) is 0 Å². The number of carbonyl (C=O) groups is 3. The molecule has 5 atom stereocenters. The van der Waals surface area contributed by atoms with Crippen LogP contribution < -0.4 is 4.90 Å². The summed E-state index contributed by atoms with van der Waals surface area (Å²) in [5.41, 5.74) is 0.797. The fraction of sp³-hybridized carbons (Fsp3) is 0.606. The second-order valence-corrected chi connectivity index (χ2v) is 13.2. The maximum absolute atomic E-state index is 14.4. The Morgan fingerprint density at radius 3 is 2.46 bits per heavy atom. The molecule has 3 fully saturated rings. The SMILES string of the molecule is C=CCN(CCCCC)C(=O)C1N(CCCCCCO)C(=O)[C@@H]2[C@@H](C(=O)N(CC=C)c3ccccc3)[C@H]3CCC12S3. The number of benzene rings is 1. The van der Waals surface area contributed by atoms with Crippen LogP contribution in [0.2, 0.25) is 0 Å². The second-order valence-electron chi connectivity index (χ2n) is 11.6. The zero-order chi connectivity index (χ0) is 29.4. The number of para-hydroxylation sites is 1. The zero-order valence-corrected chi connectivity index (χ0v) is 25.4. The van der Waals surface area contributed by atoms with Crippen LogP contribution in [0.1, 0.15) is 64.7 Å². The summed E-state index contributed by atoms with van der Waals surface area (Å²) in [7, 11) is 0. The number of rotatable bonds is 17. The first kappa shape index (κ1) is 31.4. The van der Waals surface area contributed by atoms with Crippen LogP contribution in [0.5, 0.6) is 0 Å². The summed E-state index contributed by atoms with van der Waals surface area (Å²) in [6.07, 6.45) is 11.4. The minimum atomic E-state index is -0.592. The number of nitrogens with zero attached hydrogens (tertiary/aromatic N) is 3. The fourth-order valence-corrected chi connectivity index (χ4v) is 9.32. The number of thioether (sulfide) groups is 1. The van der Waals surface area contributed by atoms with Gasteiger partial charge in [0.25, 0.3) is 0 Å². The molecule has 3 aliphatic heterocycles. The van der Waals surface area contributed by atoms with E-state index in [2.05, 4.69) is 20.1 Å². The highest BCUT2D eigenvalue weighted by atomic mass is 32.2. The van der Waals surface area contributed by atoms with E-state index in [9.17, 15) is 19.5 Å². The van der Waals surface area contributed by atoms with Gasteiger partial charge in [0.1, 0.15) is 6.04 Å². The first-order valence-electron chi connectivity index (χ1n) is 15.4. The van der Waals surface area contributed by atoms with Gasteiger partial charge in [-0.25, -0.2) is 0 Å². The van der Waals surface area contributed by atoms with E-state index in [-0.39, 0.29) is 29.6 Å².